The van der Waals surface area contributed by atoms with Gasteiger partial charge in [0.2, 0.25) is 10.0 Å². The van der Waals surface area contributed by atoms with Crippen molar-refractivity contribution in [2.45, 2.75) is 24.8 Å². The van der Waals surface area contributed by atoms with Crippen LogP contribution in [0.1, 0.15) is 13.8 Å². The van der Waals surface area contributed by atoms with Crippen molar-refractivity contribution in [2.75, 3.05) is 37.7 Å². The zero-order chi connectivity index (χ0) is 21.7. The molecule has 0 aromatic heterocycles. The zero-order valence-electron chi connectivity index (χ0n) is 17.0. The van der Waals surface area contributed by atoms with E-state index in [4.69, 9.17) is 14.6 Å². The lowest BCUT2D eigenvalue weighted by Crippen LogP contribution is -2.48. The van der Waals surface area contributed by atoms with Crippen molar-refractivity contribution in [1.82, 2.24) is 4.31 Å². The Balaban J connectivity index is 1.67. The largest absolute Gasteiger partial charge is 0.491 e. The van der Waals surface area contributed by atoms with Crippen LogP contribution in [0, 0.1) is 0 Å². The average molecular weight is 435 g/mol. The number of aliphatic carboxylic acids is 1. The fourth-order valence-electron chi connectivity index (χ4n) is 3.26. The number of carboxylic acid groups (broad SMARTS) is 1. The van der Waals surface area contributed by atoms with Crippen LogP contribution in [0.25, 0.3) is 0 Å². The Hall–Kier alpha value is -2.78. The third-order valence-electron chi connectivity index (χ3n) is 4.63. The number of hydrogen-bond donors (Lipinski definition) is 1. The van der Waals surface area contributed by atoms with Crippen molar-refractivity contribution >= 4 is 21.7 Å². The van der Waals surface area contributed by atoms with Gasteiger partial charge in [-0.2, -0.15) is 4.31 Å². The number of nitrogens with zero attached hydrogens (tertiary/aromatic N) is 2. The second-order valence-corrected chi connectivity index (χ2v) is 9.12. The molecule has 0 radical (unpaired) electrons. The van der Waals surface area contributed by atoms with Crippen LogP contribution >= 0.6 is 0 Å². The summed E-state index contributed by atoms with van der Waals surface area (Å²) in [4.78, 5) is 13.0. The molecule has 0 unspecified atom stereocenters. The molecule has 8 nitrogen and oxygen atoms in total. The number of piperazine rings is 1. The predicted molar refractivity (Wildman–Crippen MR) is 113 cm³/mol. The molecular weight excluding hydrogens is 408 g/mol. The maximum absolute atomic E-state index is 13.0. The molecule has 0 saturated carbocycles. The van der Waals surface area contributed by atoms with Crippen LogP contribution in [0.4, 0.5) is 5.69 Å². The van der Waals surface area contributed by atoms with Gasteiger partial charge >= 0.3 is 5.97 Å². The highest BCUT2D eigenvalue weighted by atomic mass is 32.2. The first-order valence-electron chi connectivity index (χ1n) is 9.73. The number of rotatable bonds is 8. The van der Waals surface area contributed by atoms with E-state index in [1.807, 2.05) is 30.9 Å². The van der Waals surface area contributed by atoms with Gasteiger partial charge in [0.25, 0.3) is 0 Å². The molecule has 0 aliphatic carbocycles. The van der Waals surface area contributed by atoms with Crippen LogP contribution in [0.15, 0.2) is 53.4 Å². The summed E-state index contributed by atoms with van der Waals surface area (Å²) in [5, 5.41) is 8.85. The quantitative estimate of drug-likeness (QED) is 0.682. The minimum atomic E-state index is -3.60. The maximum Gasteiger partial charge on any atom is 0.341 e. The fourth-order valence-corrected chi connectivity index (χ4v) is 4.68. The first-order chi connectivity index (χ1) is 14.3. The van der Waals surface area contributed by atoms with Crippen molar-refractivity contribution in [2.24, 2.45) is 0 Å². The lowest BCUT2D eigenvalue weighted by atomic mass is 10.2. The van der Waals surface area contributed by atoms with Crippen molar-refractivity contribution in [3.05, 3.63) is 48.5 Å². The zero-order valence-corrected chi connectivity index (χ0v) is 17.8. The molecule has 0 atom stereocenters. The Bertz CT molecular complexity index is 967. The van der Waals surface area contributed by atoms with Gasteiger partial charge in [0.15, 0.2) is 6.61 Å². The highest BCUT2D eigenvalue weighted by Gasteiger charge is 2.29. The van der Waals surface area contributed by atoms with Crippen molar-refractivity contribution in [3.8, 4) is 11.5 Å². The lowest BCUT2D eigenvalue weighted by molar-refractivity contribution is -0.139. The SMILES string of the molecule is CC(C)Oc1ccc(S(=O)(=O)N2CCN(c3ccccc3OCC(=O)O)CC2)cc1. The summed E-state index contributed by atoms with van der Waals surface area (Å²) in [6, 6.07) is 13.6. The molecule has 1 heterocycles. The summed E-state index contributed by atoms with van der Waals surface area (Å²) >= 11 is 0. The van der Waals surface area contributed by atoms with E-state index in [0.29, 0.717) is 37.7 Å². The summed E-state index contributed by atoms with van der Waals surface area (Å²) in [5.41, 5.74) is 0.756. The highest BCUT2D eigenvalue weighted by molar-refractivity contribution is 7.89. The van der Waals surface area contributed by atoms with Crippen LogP contribution in [0.5, 0.6) is 11.5 Å². The number of carbonyl (C=O) groups is 1. The van der Waals surface area contributed by atoms with E-state index in [9.17, 15) is 13.2 Å². The van der Waals surface area contributed by atoms with Crippen molar-refractivity contribution in [1.29, 1.82) is 0 Å². The maximum atomic E-state index is 13.0. The molecule has 2 aromatic carbocycles. The van der Waals surface area contributed by atoms with E-state index < -0.39 is 22.6 Å². The summed E-state index contributed by atoms with van der Waals surface area (Å²) in [7, 11) is -3.60. The van der Waals surface area contributed by atoms with Crippen LogP contribution in [0.3, 0.4) is 0 Å². The predicted octanol–water partition coefficient (Wildman–Crippen LogP) is 2.45. The number of hydrogen-bond acceptors (Lipinski definition) is 6. The third kappa shape index (κ3) is 5.22. The summed E-state index contributed by atoms with van der Waals surface area (Å²) in [6.07, 6.45) is 0.0166. The molecule has 9 heteroatoms. The van der Waals surface area contributed by atoms with E-state index in [-0.39, 0.29) is 11.0 Å². The molecule has 1 saturated heterocycles. The summed E-state index contributed by atoms with van der Waals surface area (Å²) in [5.74, 6) is 0.0502. The Labute approximate surface area is 176 Å². The molecule has 1 aliphatic heterocycles. The normalized spacial score (nSPS) is 15.2. The van der Waals surface area contributed by atoms with Crippen molar-refractivity contribution < 1.29 is 27.8 Å². The number of benzene rings is 2. The van der Waals surface area contributed by atoms with Gasteiger partial charge in [-0.25, -0.2) is 13.2 Å². The molecule has 1 N–H and O–H groups in total. The number of anilines is 1. The van der Waals surface area contributed by atoms with Gasteiger partial charge in [0.1, 0.15) is 11.5 Å². The first-order valence-corrected chi connectivity index (χ1v) is 11.2. The lowest BCUT2D eigenvalue weighted by Gasteiger charge is -2.36. The van der Waals surface area contributed by atoms with Crippen LogP contribution in [-0.2, 0) is 14.8 Å². The van der Waals surface area contributed by atoms with Crippen LogP contribution in [0.2, 0.25) is 0 Å². The molecule has 30 heavy (non-hydrogen) atoms. The highest BCUT2D eigenvalue weighted by Crippen LogP contribution is 2.30. The summed E-state index contributed by atoms with van der Waals surface area (Å²) in [6.45, 7) is 4.98. The van der Waals surface area contributed by atoms with Crippen molar-refractivity contribution in [3.63, 3.8) is 0 Å². The fraction of sp³-hybridized carbons (Fsp3) is 0.381. The van der Waals surface area contributed by atoms with Gasteiger partial charge in [-0.3, -0.25) is 0 Å². The number of carboxylic acids is 1. The second-order valence-electron chi connectivity index (χ2n) is 7.18. The van der Waals surface area contributed by atoms with E-state index in [1.165, 1.54) is 4.31 Å². The first kappa shape index (κ1) is 21.9. The van der Waals surface area contributed by atoms with E-state index >= 15 is 0 Å². The van der Waals surface area contributed by atoms with E-state index in [1.54, 1.807) is 36.4 Å². The van der Waals surface area contributed by atoms with E-state index in [2.05, 4.69) is 0 Å². The van der Waals surface area contributed by atoms with Gasteiger partial charge in [0, 0.05) is 26.2 Å². The molecule has 0 bridgehead atoms. The van der Waals surface area contributed by atoms with E-state index in [0.717, 1.165) is 5.69 Å². The minimum Gasteiger partial charge on any atom is -0.491 e. The Morgan fingerprint density at radius 2 is 1.67 bits per heavy atom. The number of sulfonamides is 1. The molecule has 2 aromatic rings. The number of para-hydroxylation sites is 2. The molecule has 1 aliphatic rings. The Kier molecular flexibility index (Phi) is 6.84. The molecule has 1 fully saturated rings. The van der Waals surface area contributed by atoms with Crippen LogP contribution < -0.4 is 14.4 Å². The smallest absolute Gasteiger partial charge is 0.341 e. The Morgan fingerprint density at radius 1 is 1.03 bits per heavy atom. The average Bonchev–Trinajstić information content (AvgIpc) is 2.72. The van der Waals surface area contributed by atoms with Gasteiger partial charge in [-0.15, -0.1) is 0 Å². The summed E-state index contributed by atoms with van der Waals surface area (Å²) < 4.78 is 38.4. The van der Waals surface area contributed by atoms with Gasteiger partial charge < -0.3 is 19.5 Å². The minimum absolute atomic E-state index is 0.0166. The van der Waals surface area contributed by atoms with Gasteiger partial charge in [-0.1, -0.05) is 12.1 Å². The monoisotopic (exact) mass is 434 g/mol. The second kappa shape index (κ2) is 9.36. The van der Waals surface area contributed by atoms with Gasteiger partial charge in [0.05, 0.1) is 16.7 Å². The van der Waals surface area contributed by atoms with Gasteiger partial charge in [-0.05, 0) is 50.2 Å². The van der Waals surface area contributed by atoms with Crippen LogP contribution in [-0.4, -0.2) is 62.7 Å². The topological polar surface area (TPSA) is 96.4 Å². The molecule has 162 valence electrons. The standard InChI is InChI=1S/C21H26N2O6S/c1-16(2)29-17-7-9-18(10-8-17)30(26,27)23-13-11-22(12-14-23)19-5-3-4-6-20(19)28-15-21(24)25/h3-10,16H,11-15H2,1-2H3,(H,24,25). The third-order valence-corrected chi connectivity index (χ3v) is 6.54. The molecule has 0 spiro atoms. The number of ether oxygens (including phenoxy) is 2. The molecule has 3 rings (SSSR count). The Morgan fingerprint density at radius 3 is 2.27 bits per heavy atom. The molecule has 0 amide bonds. The molecular formula is C21H26N2O6S.